The topological polar surface area (TPSA) is 85.1 Å². The Hall–Kier alpha value is -2.51. The van der Waals surface area contributed by atoms with Gasteiger partial charge in [-0.2, -0.15) is 0 Å². The molecular weight excluding hydrogens is 317 g/mol. The SMILES string of the molecule is NS(=O)(=O)c1ccc(NCc2ccc(F)cc2)c2ncccc12. The Morgan fingerprint density at radius 1 is 1.09 bits per heavy atom. The van der Waals surface area contributed by atoms with Gasteiger partial charge in [0.05, 0.1) is 16.1 Å². The van der Waals surface area contributed by atoms with Crippen molar-refractivity contribution in [2.75, 3.05) is 5.32 Å². The zero-order valence-corrected chi connectivity index (χ0v) is 12.8. The molecule has 1 heterocycles. The summed E-state index contributed by atoms with van der Waals surface area (Å²) in [5.74, 6) is -0.293. The summed E-state index contributed by atoms with van der Waals surface area (Å²) in [6.07, 6.45) is 1.58. The highest BCUT2D eigenvalue weighted by molar-refractivity contribution is 7.89. The first-order valence-corrected chi connectivity index (χ1v) is 8.38. The fourth-order valence-corrected chi connectivity index (χ4v) is 3.07. The number of nitrogens with one attached hydrogen (secondary N) is 1. The Morgan fingerprint density at radius 3 is 2.52 bits per heavy atom. The average molecular weight is 331 g/mol. The molecule has 0 unspecified atom stereocenters. The monoisotopic (exact) mass is 331 g/mol. The number of aromatic nitrogens is 1. The van der Waals surface area contributed by atoms with E-state index in [2.05, 4.69) is 10.3 Å². The smallest absolute Gasteiger partial charge is 0.238 e. The molecule has 0 atom stereocenters. The van der Waals surface area contributed by atoms with Crippen LogP contribution in [-0.4, -0.2) is 13.4 Å². The van der Waals surface area contributed by atoms with Gasteiger partial charge in [-0.15, -0.1) is 0 Å². The molecule has 23 heavy (non-hydrogen) atoms. The van der Waals surface area contributed by atoms with Gasteiger partial charge >= 0.3 is 0 Å². The summed E-state index contributed by atoms with van der Waals surface area (Å²) < 4.78 is 36.2. The van der Waals surface area contributed by atoms with Gasteiger partial charge < -0.3 is 5.32 Å². The Kier molecular flexibility index (Phi) is 3.97. The van der Waals surface area contributed by atoms with Crippen LogP contribution in [0.3, 0.4) is 0 Å². The summed E-state index contributed by atoms with van der Waals surface area (Å²) >= 11 is 0. The van der Waals surface area contributed by atoms with E-state index in [1.165, 1.54) is 18.2 Å². The van der Waals surface area contributed by atoms with Gasteiger partial charge in [0, 0.05) is 18.1 Å². The maximum absolute atomic E-state index is 12.9. The van der Waals surface area contributed by atoms with E-state index in [0.29, 0.717) is 23.1 Å². The summed E-state index contributed by atoms with van der Waals surface area (Å²) in [5, 5.41) is 8.88. The van der Waals surface area contributed by atoms with Gasteiger partial charge in [0.25, 0.3) is 0 Å². The molecule has 3 N–H and O–H groups in total. The number of benzene rings is 2. The second-order valence-electron chi connectivity index (χ2n) is 5.04. The van der Waals surface area contributed by atoms with Crippen molar-refractivity contribution in [2.24, 2.45) is 5.14 Å². The standard InChI is InChI=1S/C16H14FN3O2S/c17-12-5-3-11(4-6-12)10-20-14-7-8-15(23(18,21)22)13-2-1-9-19-16(13)14/h1-9,20H,10H2,(H2,18,21,22). The summed E-state index contributed by atoms with van der Waals surface area (Å²) in [6.45, 7) is 0.459. The molecule has 0 amide bonds. The van der Waals surface area contributed by atoms with E-state index in [4.69, 9.17) is 5.14 Å². The lowest BCUT2D eigenvalue weighted by Gasteiger charge is -2.11. The van der Waals surface area contributed by atoms with Crippen molar-refractivity contribution >= 4 is 26.6 Å². The minimum atomic E-state index is -3.83. The van der Waals surface area contributed by atoms with Crippen LogP contribution in [0.15, 0.2) is 59.6 Å². The third-order valence-electron chi connectivity index (χ3n) is 3.43. The third kappa shape index (κ3) is 3.30. The van der Waals surface area contributed by atoms with E-state index in [-0.39, 0.29) is 10.7 Å². The number of nitrogens with two attached hydrogens (primary N) is 1. The number of halogens is 1. The van der Waals surface area contributed by atoms with E-state index >= 15 is 0 Å². The lowest BCUT2D eigenvalue weighted by molar-refractivity contribution is 0.598. The third-order valence-corrected chi connectivity index (χ3v) is 4.40. The maximum Gasteiger partial charge on any atom is 0.238 e. The van der Waals surface area contributed by atoms with Crippen LogP contribution in [0.1, 0.15) is 5.56 Å². The maximum atomic E-state index is 12.9. The molecule has 3 rings (SSSR count). The first-order valence-electron chi connectivity index (χ1n) is 6.84. The Morgan fingerprint density at radius 2 is 1.83 bits per heavy atom. The molecule has 0 saturated carbocycles. The molecule has 3 aromatic rings. The van der Waals surface area contributed by atoms with Gasteiger partial charge in [0.2, 0.25) is 10.0 Å². The molecule has 0 aliphatic heterocycles. The highest BCUT2D eigenvalue weighted by Crippen LogP contribution is 2.27. The minimum Gasteiger partial charge on any atom is -0.379 e. The van der Waals surface area contributed by atoms with Crippen molar-refractivity contribution in [3.05, 3.63) is 66.1 Å². The summed E-state index contributed by atoms with van der Waals surface area (Å²) in [4.78, 5) is 4.27. The molecular formula is C16H14FN3O2S. The Bertz CT molecular complexity index is 957. The highest BCUT2D eigenvalue weighted by atomic mass is 32.2. The zero-order valence-electron chi connectivity index (χ0n) is 12.0. The molecule has 2 aromatic carbocycles. The first-order chi connectivity index (χ1) is 10.9. The van der Waals surface area contributed by atoms with Crippen molar-refractivity contribution in [3.8, 4) is 0 Å². The molecule has 7 heteroatoms. The van der Waals surface area contributed by atoms with Gasteiger partial charge in [-0.25, -0.2) is 17.9 Å². The predicted molar refractivity (Wildman–Crippen MR) is 86.8 cm³/mol. The molecule has 0 spiro atoms. The average Bonchev–Trinajstić information content (AvgIpc) is 2.53. The van der Waals surface area contributed by atoms with Crippen molar-refractivity contribution in [3.63, 3.8) is 0 Å². The number of pyridine rings is 1. The van der Waals surface area contributed by atoms with Crippen LogP contribution in [0.2, 0.25) is 0 Å². The summed E-state index contributed by atoms with van der Waals surface area (Å²) in [6, 6.07) is 12.5. The van der Waals surface area contributed by atoms with Crippen molar-refractivity contribution in [2.45, 2.75) is 11.4 Å². The number of rotatable bonds is 4. The number of nitrogens with zero attached hydrogens (tertiary/aromatic N) is 1. The summed E-state index contributed by atoms with van der Waals surface area (Å²) in [7, 11) is -3.83. The molecule has 0 aliphatic carbocycles. The number of hydrogen-bond donors (Lipinski definition) is 2. The lowest BCUT2D eigenvalue weighted by atomic mass is 10.1. The Labute approximate surface area is 133 Å². The van der Waals surface area contributed by atoms with Gasteiger partial charge in [-0.3, -0.25) is 4.98 Å². The highest BCUT2D eigenvalue weighted by Gasteiger charge is 2.15. The van der Waals surface area contributed by atoms with Gasteiger partial charge in [0.15, 0.2) is 0 Å². The van der Waals surface area contributed by atoms with E-state index in [1.807, 2.05) is 0 Å². The fourth-order valence-electron chi connectivity index (χ4n) is 2.34. The van der Waals surface area contributed by atoms with Gasteiger partial charge in [-0.05, 0) is 42.0 Å². The van der Waals surface area contributed by atoms with Crippen LogP contribution >= 0.6 is 0 Å². The Balaban J connectivity index is 1.97. The number of anilines is 1. The number of fused-ring (bicyclic) bond motifs is 1. The zero-order chi connectivity index (χ0) is 16.4. The normalized spacial score (nSPS) is 11.6. The van der Waals surface area contributed by atoms with Crippen LogP contribution < -0.4 is 10.5 Å². The number of primary sulfonamides is 1. The molecule has 0 aliphatic rings. The van der Waals surface area contributed by atoms with Crippen LogP contribution in [0.4, 0.5) is 10.1 Å². The second kappa shape index (κ2) is 5.94. The minimum absolute atomic E-state index is 0.0351. The molecule has 0 saturated heterocycles. The summed E-state index contributed by atoms with van der Waals surface area (Å²) in [5.41, 5.74) is 2.09. The molecule has 0 fully saturated rings. The van der Waals surface area contributed by atoms with Gasteiger partial charge in [0.1, 0.15) is 5.82 Å². The number of hydrogen-bond acceptors (Lipinski definition) is 4. The lowest BCUT2D eigenvalue weighted by Crippen LogP contribution is -2.13. The van der Waals surface area contributed by atoms with E-state index in [0.717, 1.165) is 5.56 Å². The van der Waals surface area contributed by atoms with E-state index in [9.17, 15) is 12.8 Å². The molecule has 118 valence electrons. The quantitative estimate of drug-likeness (QED) is 0.769. The number of sulfonamides is 1. The molecule has 5 nitrogen and oxygen atoms in total. The van der Waals surface area contributed by atoms with Crippen molar-refractivity contribution in [1.29, 1.82) is 0 Å². The second-order valence-corrected chi connectivity index (χ2v) is 6.57. The molecule has 0 radical (unpaired) electrons. The van der Waals surface area contributed by atoms with E-state index in [1.54, 1.807) is 36.5 Å². The van der Waals surface area contributed by atoms with Crippen LogP contribution in [-0.2, 0) is 16.6 Å². The predicted octanol–water partition coefficient (Wildman–Crippen LogP) is 2.63. The fraction of sp³-hybridized carbons (Fsp3) is 0.0625. The van der Waals surface area contributed by atoms with Crippen molar-refractivity contribution in [1.82, 2.24) is 4.98 Å². The largest absolute Gasteiger partial charge is 0.379 e. The van der Waals surface area contributed by atoms with Crippen LogP contribution in [0.25, 0.3) is 10.9 Å². The van der Waals surface area contributed by atoms with Gasteiger partial charge in [-0.1, -0.05) is 12.1 Å². The van der Waals surface area contributed by atoms with Crippen LogP contribution in [0, 0.1) is 5.82 Å². The van der Waals surface area contributed by atoms with Crippen LogP contribution in [0.5, 0.6) is 0 Å². The molecule has 1 aromatic heterocycles. The van der Waals surface area contributed by atoms with Crippen molar-refractivity contribution < 1.29 is 12.8 Å². The first kappa shape index (κ1) is 15.4. The van der Waals surface area contributed by atoms with E-state index < -0.39 is 10.0 Å². The molecule has 0 bridgehead atoms.